The van der Waals surface area contributed by atoms with E-state index in [9.17, 15) is 13.6 Å². The molecule has 2 aromatic rings. The van der Waals surface area contributed by atoms with Crippen molar-refractivity contribution in [3.05, 3.63) is 70.8 Å². The second-order valence-electron chi connectivity index (χ2n) is 4.95. The lowest BCUT2D eigenvalue weighted by Gasteiger charge is -2.15. The van der Waals surface area contributed by atoms with Crippen molar-refractivity contribution in [2.75, 3.05) is 0 Å². The zero-order chi connectivity index (χ0) is 15.4. The zero-order valence-corrected chi connectivity index (χ0v) is 12.0. The van der Waals surface area contributed by atoms with Crippen molar-refractivity contribution in [1.82, 2.24) is 5.32 Å². The van der Waals surface area contributed by atoms with Crippen molar-refractivity contribution in [1.29, 1.82) is 0 Å². The lowest BCUT2D eigenvalue weighted by Crippen LogP contribution is -2.26. The van der Waals surface area contributed by atoms with Crippen LogP contribution in [0.4, 0.5) is 8.78 Å². The predicted octanol–water partition coefficient (Wildman–Crippen LogP) is 4.02. The quantitative estimate of drug-likeness (QED) is 0.905. The molecule has 0 aliphatic heterocycles. The van der Waals surface area contributed by atoms with Crippen LogP contribution in [0.3, 0.4) is 0 Å². The molecule has 2 rings (SSSR count). The van der Waals surface area contributed by atoms with Crippen LogP contribution in [0.2, 0.25) is 0 Å². The maximum absolute atomic E-state index is 13.1. The molecule has 1 amide bonds. The van der Waals surface area contributed by atoms with Crippen molar-refractivity contribution in [2.24, 2.45) is 0 Å². The van der Waals surface area contributed by atoms with Crippen molar-refractivity contribution in [3.8, 4) is 0 Å². The van der Waals surface area contributed by atoms with E-state index < -0.39 is 17.5 Å². The molecule has 0 radical (unpaired) electrons. The van der Waals surface area contributed by atoms with Gasteiger partial charge in [0.2, 0.25) is 0 Å². The minimum atomic E-state index is -0.764. The summed E-state index contributed by atoms with van der Waals surface area (Å²) in [6, 6.07) is 10.4. The van der Waals surface area contributed by atoms with Gasteiger partial charge < -0.3 is 5.32 Å². The molecule has 0 unspecified atom stereocenters. The first-order valence-electron chi connectivity index (χ1n) is 6.85. The molecular formula is C17H17F2NO. The second kappa shape index (κ2) is 6.48. The fourth-order valence-corrected chi connectivity index (χ4v) is 2.09. The first kappa shape index (κ1) is 15.2. The topological polar surface area (TPSA) is 29.1 Å². The molecule has 0 aliphatic rings. The third-order valence-corrected chi connectivity index (χ3v) is 3.36. The average Bonchev–Trinajstić information content (AvgIpc) is 2.46. The van der Waals surface area contributed by atoms with Gasteiger partial charge in [-0.2, -0.15) is 0 Å². The summed E-state index contributed by atoms with van der Waals surface area (Å²) in [6.07, 6.45) is 0.948. The van der Waals surface area contributed by atoms with Crippen molar-refractivity contribution < 1.29 is 13.6 Å². The molecule has 0 saturated heterocycles. The van der Waals surface area contributed by atoms with Crippen LogP contribution in [-0.2, 0) is 6.42 Å². The number of carbonyl (C=O) groups is 1. The highest BCUT2D eigenvalue weighted by molar-refractivity contribution is 5.94. The van der Waals surface area contributed by atoms with Gasteiger partial charge in [-0.05, 0) is 36.6 Å². The number of nitrogens with one attached hydrogen (secondary N) is 1. The molecular weight excluding hydrogens is 272 g/mol. The Hall–Kier alpha value is -2.23. The molecule has 0 heterocycles. The smallest absolute Gasteiger partial charge is 0.251 e. The molecule has 110 valence electrons. The molecule has 0 bridgehead atoms. The second-order valence-corrected chi connectivity index (χ2v) is 4.95. The highest BCUT2D eigenvalue weighted by Gasteiger charge is 2.13. The van der Waals surface area contributed by atoms with Crippen LogP contribution in [-0.4, -0.2) is 5.91 Å². The normalized spacial score (nSPS) is 12.0. The van der Waals surface area contributed by atoms with Crippen LogP contribution in [0.15, 0.2) is 42.5 Å². The Labute approximate surface area is 122 Å². The summed E-state index contributed by atoms with van der Waals surface area (Å²) in [5.41, 5.74) is 2.13. The Kier molecular flexibility index (Phi) is 4.68. The van der Waals surface area contributed by atoms with Crippen LogP contribution in [0.1, 0.15) is 41.4 Å². The van der Waals surface area contributed by atoms with Gasteiger partial charge in [0.05, 0.1) is 6.04 Å². The van der Waals surface area contributed by atoms with Gasteiger partial charge in [-0.25, -0.2) is 8.78 Å². The Morgan fingerprint density at radius 3 is 2.19 bits per heavy atom. The van der Waals surface area contributed by atoms with Crippen LogP contribution in [0, 0.1) is 11.6 Å². The Balaban J connectivity index is 2.10. The highest BCUT2D eigenvalue weighted by Crippen LogP contribution is 2.15. The van der Waals surface area contributed by atoms with Gasteiger partial charge >= 0.3 is 0 Å². The third kappa shape index (κ3) is 3.88. The van der Waals surface area contributed by atoms with E-state index in [1.54, 1.807) is 0 Å². The van der Waals surface area contributed by atoms with E-state index in [-0.39, 0.29) is 11.6 Å². The van der Waals surface area contributed by atoms with E-state index in [0.29, 0.717) is 0 Å². The molecule has 0 aromatic heterocycles. The fraction of sp³-hybridized carbons (Fsp3) is 0.235. The molecule has 0 fully saturated rings. The lowest BCUT2D eigenvalue weighted by atomic mass is 10.0. The van der Waals surface area contributed by atoms with Gasteiger partial charge in [-0.15, -0.1) is 0 Å². The van der Waals surface area contributed by atoms with Gasteiger partial charge in [-0.3, -0.25) is 4.79 Å². The molecule has 0 aliphatic carbocycles. The van der Waals surface area contributed by atoms with E-state index in [1.165, 1.54) is 5.56 Å². The Morgan fingerprint density at radius 2 is 1.67 bits per heavy atom. The zero-order valence-electron chi connectivity index (χ0n) is 12.0. The summed E-state index contributed by atoms with van der Waals surface area (Å²) in [4.78, 5) is 12.0. The highest BCUT2D eigenvalue weighted by atomic mass is 19.1. The Morgan fingerprint density at radius 1 is 1.10 bits per heavy atom. The summed E-state index contributed by atoms with van der Waals surface area (Å²) >= 11 is 0. The van der Waals surface area contributed by atoms with Crippen molar-refractivity contribution in [3.63, 3.8) is 0 Å². The minimum Gasteiger partial charge on any atom is -0.346 e. The van der Waals surface area contributed by atoms with E-state index >= 15 is 0 Å². The first-order chi connectivity index (χ1) is 9.99. The molecule has 2 nitrogen and oxygen atoms in total. The number of amides is 1. The van der Waals surface area contributed by atoms with Gasteiger partial charge in [0.25, 0.3) is 5.91 Å². The SMILES string of the molecule is CCc1ccc([C@H](C)NC(=O)c2cc(F)cc(F)c2)cc1. The predicted molar refractivity (Wildman–Crippen MR) is 78.1 cm³/mol. The molecule has 0 saturated carbocycles. The molecule has 0 spiro atoms. The number of benzene rings is 2. The maximum Gasteiger partial charge on any atom is 0.251 e. The third-order valence-electron chi connectivity index (χ3n) is 3.36. The van der Waals surface area contributed by atoms with E-state index in [4.69, 9.17) is 0 Å². The fourth-order valence-electron chi connectivity index (χ4n) is 2.09. The number of halogens is 2. The molecule has 4 heteroatoms. The standard InChI is InChI=1S/C17H17F2NO/c1-3-12-4-6-13(7-5-12)11(2)20-17(21)14-8-15(18)10-16(19)9-14/h4-11H,3H2,1-2H3,(H,20,21)/t11-/m0/s1. The molecule has 21 heavy (non-hydrogen) atoms. The molecule has 2 aromatic carbocycles. The molecule has 1 N–H and O–H groups in total. The van der Waals surface area contributed by atoms with Gasteiger partial charge in [0.15, 0.2) is 0 Å². The summed E-state index contributed by atoms with van der Waals surface area (Å²) in [7, 11) is 0. The maximum atomic E-state index is 13.1. The largest absolute Gasteiger partial charge is 0.346 e. The van der Waals surface area contributed by atoms with Gasteiger partial charge in [-0.1, -0.05) is 31.2 Å². The van der Waals surface area contributed by atoms with E-state index in [2.05, 4.69) is 12.2 Å². The first-order valence-corrected chi connectivity index (χ1v) is 6.85. The summed E-state index contributed by atoms with van der Waals surface area (Å²) < 4.78 is 26.2. The van der Waals surface area contributed by atoms with E-state index in [0.717, 1.165) is 30.2 Å². The van der Waals surface area contributed by atoms with Crippen LogP contribution in [0.25, 0.3) is 0 Å². The van der Waals surface area contributed by atoms with Crippen LogP contribution < -0.4 is 5.32 Å². The lowest BCUT2D eigenvalue weighted by molar-refractivity contribution is 0.0939. The Bertz CT molecular complexity index is 617. The van der Waals surface area contributed by atoms with Crippen LogP contribution in [0.5, 0.6) is 0 Å². The summed E-state index contributed by atoms with van der Waals surface area (Å²) in [5.74, 6) is -2.03. The van der Waals surface area contributed by atoms with Crippen molar-refractivity contribution in [2.45, 2.75) is 26.3 Å². The van der Waals surface area contributed by atoms with Gasteiger partial charge in [0.1, 0.15) is 11.6 Å². The van der Waals surface area contributed by atoms with E-state index in [1.807, 2.05) is 31.2 Å². The monoisotopic (exact) mass is 289 g/mol. The number of carbonyl (C=O) groups excluding carboxylic acids is 1. The number of aryl methyl sites for hydroxylation is 1. The number of rotatable bonds is 4. The van der Waals surface area contributed by atoms with Crippen molar-refractivity contribution >= 4 is 5.91 Å². The summed E-state index contributed by atoms with van der Waals surface area (Å²) in [6.45, 7) is 3.90. The van der Waals surface area contributed by atoms with Crippen LogP contribution >= 0.6 is 0 Å². The average molecular weight is 289 g/mol. The summed E-state index contributed by atoms with van der Waals surface area (Å²) in [5, 5.41) is 2.73. The molecule has 1 atom stereocenters. The van der Waals surface area contributed by atoms with Gasteiger partial charge in [0, 0.05) is 11.6 Å². The minimum absolute atomic E-state index is 0.0236. The number of hydrogen-bond acceptors (Lipinski definition) is 1. The number of hydrogen-bond donors (Lipinski definition) is 1.